The topological polar surface area (TPSA) is 38.7 Å². The average Bonchev–Trinajstić information content (AvgIpc) is 2.38. The molecular weight excluding hydrogens is 238 g/mol. The summed E-state index contributed by atoms with van der Waals surface area (Å²) >= 11 is 0. The summed E-state index contributed by atoms with van der Waals surface area (Å²) in [4.78, 5) is 16.8. The summed E-state index contributed by atoms with van der Waals surface area (Å²) in [6, 6.07) is 9.71. The second kappa shape index (κ2) is 6.88. The van der Waals surface area contributed by atoms with Crippen molar-refractivity contribution in [3.63, 3.8) is 0 Å². The van der Waals surface area contributed by atoms with Crippen LogP contribution in [0.2, 0.25) is 0 Å². The number of oxime groups is 1. The summed E-state index contributed by atoms with van der Waals surface area (Å²) in [5, 5.41) is 4.02. The molecule has 0 heterocycles. The molecule has 0 bridgehead atoms. The van der Waals surface area contributed by atoms with Crippen LogP contribution in [0.4, 0.5) is 0 Å². The fourth-order valence-corrected chi connectivity index (χ4v) is 1.35. The molecule has 1 aromatic carbocycles. The molecule has 0 unspecified atom stereocenters. The van der Waals surface area contributed by atoms with Crippen LogP contribution in [-0.2, 0) is 9.63 Å². The lowest BCUT2D eigenvalue weighted by Crippen LogP contribution is -2.21. The third kappa shape index (κ3) is 5.08. The average molecular weight is 259 g/mol. The Labute approximate surface area is 115 Å². The van der Waals surface area contributed by atoms with Crippen molar-refractivity contribution in [1.29, 1.82) is 0 Å². The van der Waals surface area contributed by atoms with Gasteiger partial charge in [-0.15, -0.1) is 6.58 Å². The Morgan fingerprint density at radius 2 is 1.95 bits per heavy atom. The van der Waals surface area contributed by atoms with Crippen molar-refractivity contribution >= 4 is 11.7 Å². The fourth-order valence-electron chi connectivity index (χ4n) is 1.35. The second-order valence-electron chi connectivity index (χ2n) is 5.36. The third-order valence-corrected chi connectivity index (χ3v) is 2.54. The van der Waals surface area contributed by atoms with Crippen LogP contribution in [0.1, 0.15) is 39.2 Å². The molecular formula is C16H21NO2. The molecule has 19 heavy (non-hydrogen) atoms. The highest BCUT2D eigenvalue weighted by Crippen LogP contribution is 2.16. The van der Waals surface area contributed by atoms with Gasteiger partial charge in [0.2, 0.25) is 0 Å². The Hall–Kier alpha value is -1.90. The van der Waals surface area contributed by atoms with Gasteiger partial charge in [-0.3, -0.25) is 0 Å². The Morgan fingerprint density at radius 1 is 1.32 bits per heavy atom. The molecule has 0 aliphatic rings. The molecule has 0 aromatic heterocycles. The van der Waals surface area contributed by atoms with E-state index in [1.807, 2.05) is 36.4 Å². The van der Waals surface area contributed by atoms with Crippen molar-refractivity contribution in [3.8, 4) is 0 Å². The molecule has 3 nitrogen and oxygen atoms in total. The van der Waals surface area contributed by atoms with Gasteiger partial charge in [-0.1, -0.05) is 41.6 Å². The van der Waals surface area contributed by atoms with E-state index in [2.05, 4.69) is 11.7 Å². The normalized spacial score (nSPS) is 12.1. The van der Waals surface area contributed by atoms with Crippen LogP contribution in [-0.4, -0.2) is 11.7 Å². The van der Waals surface area contributed by atoms with Gasteiger partial charge in [-0.25, -0.2) is 4.79 Å². The number of nitrogens with zero attached hydrogens (tertiary/aromatic N) is 1. The minimum absolute atomic E-state index is 0.334. The van der Waals surface area contributed by atoms with E-state index in [4.69, 9.17) is 4.84 Å². The van der Waals surface area contributed by atoms with Gasteiger partial charge >= 0.3 is 5.97 Å². The number of carbonyl (C=O) groups is 1. The molecule has 0 saturated heterocycles. The van der Waals surface area contributed by atoms with E-state index < -0.39 is 5.41 Å². The van der Waals surface area contributed by atoms with Crippen molar-refractivity contribution in [2.24, 2.45) is 10.6 Å². The summed E-state index contributed by atoms with van der Waals surface area (Å²) in [6.45, 7) is 9.11. The molecule has 0 N–H and O–H groups in total. The van der Waals surface area contributed by atoms with Gasteiger partial charge in [-0.05, 0) is 39.2 Å². The summed E-state index contributed by atoms with van der Waals surface area (Å²) < 4.78 is 0. The van der Waals surface area contributed by atoms with Crippen LogP contribution >= 0.6 is 0 Å². The lowest BCUT2D eigenvalue weighted by molar-refractivity contribution is -0.152. The molecule has 0 saturated carbocycles. The maximum atomic E-state index is 11.7. The zero-order valence-electron chi connectivity index (χ0n) is 11.8. The Bertz CT molecular complexity index is 455. The SMILES string of the molecule is C=CCC/C(=N/OC(=O)C(C)(C)C)c1ccccc1. The molecule has 0 fully saturated rings. The molecule has 1 aromatic rings. The number of rotatable bonds is 5. The van der Waals surface area contributed by atoms with Crippen LogP contribution < -0.4 is 0 Å². The van der Waals surface area contributed by atoms with E-state index in [0.717, 1.165) is 17.7 Å². The highest BCUT2D eigenvalue weighted by molar-refractivity contribution is 6.00. The van der Waals surface area contributed by atoms with Gasteiger partial charge in [0.15, 0.2) is 0 Å². The lowest BCUT2D eigenvalue weighted by atomic mass is 9.98. The van der Waals surface area contributed by atoms with Gasteiger partial charge < -0.3 is 4.84 Å². The molecule has 102 valence electrons. The Balaban J connectivity index is 2.86. The van der Waals surface area contributed by atoms with Gasteiger partial charge in [0.25, 0.3) is 0 Å². The second-order valence-corrected chi connectivity index (χ2v) is 5.36. The largest absolute Gasteiger partial charge is 0.340 e. The van der Waals surface area contributed by atoms with Crippen LogP contribution in [0.5, 0.6) is 0 Å². The van der Waals surface area contributed by atoms with E-state index in [1.165, 1.54) is 0 Å². The van der Waals surface area contributed by atoms with E-state index in [-0.39, 0.29) is 5.97 Å². The van der Waals surface area contributed by atoms with Crippen molar-refractivity contribution in [2.75, 3.05) is 0 Å². The summed E-state index contributed by atoms with van der Waals surface area (Å²) in [5.41, 5.74) is 1.17. The number of allylic oxidation sites excluding steroid dienone is 1. The zero-order valence-corrected chi connectivity index (χ0v) is 11.8. The first kappa shape index (κ1) is 15.2. The number of hydrogen-bond donors (Lipinski definition) is 0. The summed E-state index contributed by atoms with van der Waals surface area (Å²) in [7, 11) is 0. The van der Waals surface area contributed by atoms with Crippen molar-refractivity contribution in [3.05, 3.63) is 48.6 Å². The Morgan fingerprint density at radius 3 is 2.47 bits per heavy atom. The first-order valence-corrected chi connectivity index (χ1v) is 6.40. The van der Waals surface area contributed by atoms with Crippen LogP contribution in [0.3, 0.4) is 0 Å². The first-order valence-electron chi connectivity index (χ1n) is 6.40. The molecule has 0 spiro atoms. The highest BCUT2D eigenvalue weighted by Gasteiger charge is 2.23. The maximum Gasteiger partial charge on any atom is 0.340 e. The Kier molecular flexibility index (Phi) is 5.49. The monoisotopic (exact) mass is 259 g/mol. The van der Waals surface area contributed by atoms with Crippen molar-refractivity contribution in [2.45, 2.75) is 33.6 Å². The van der Waals surface area contributed by atoms with E-state index >= 15 is 0 Å². The van der Waals surface area contributed by atoms with Gasteiger partial charge in [0.1, 0.15) is 0 Å². The molecule has 0 atom stereocenters. The quantitative estimate of drug-likeness (QED) is 0.347. The van der Waals surface area contributed by atoms with Crippen LogP contribution in [0.25, 0.3) is 0 Å². The maximum absolute atomic E-state index is 11.7. The predicted octanol–water partition coefficient (Wildman–Crippen LogP) is 3.95. The third-order valence-electron chi connectivity index (χ3n) is 2.54. The highest BCUT2D eigenvalue weighted by atomic mass is 16.7. The molecule has 0 radical (unpaired) electrons. The minimum Gasteiger partial charge on any atom is -0.317 e. The first-order chi connectivity index (χ1) is 8.95. The van der Waals surface area contributed by atoms with E-state index in [0.29, 0.717) is 6.42 Å². The van der Waals surface area contributed by atoms with Crippen LogP contribution in [0.15, 0.2) is 48.1 Å². The molecule has 0 aliphatic carbocycles. The number of benzene rings is 1. The zero-order chi connectivity index (χ0) is 14.3. The lowest BCUT2D eigenvalue weighted by Gasteiger charge is -2.13. The van der Waals surface area contributed by atoms with Crippen molar-refractivity contribution < 1.29 is 9.63 Å². The molecule has 0 amide bonds. The summed E-state index contributed by atoms with van der Waals surface area (Å²) in [6.07, 6.45) is 3.32. The van der Waals surface area contributed by atoms with Gasteiger partial charge in [-0.2, -0.15) is 0 Å². The van der Waals surface area contributed by atoms with Gasteiger partial charge in [0.05, 0.1) is 11.1 Å². The molecule has 1 rings (SSSR count). The molecule has 3 heteroatoms. The van der Waals surface area contributed by atoms with Crippen molar-refractivity contribution in [1.82, 2.24) is 0 Å². The number of carbonyl (C=O) groups excluding carboxylic acids is 1. The molecule has 0 aliphatic heterocycles. The van der Waals surface area contributed by atoms with E-state index in [1.54, 1.807) is 20.8 Å². The smallest absolute Gasteiger partial charge is 0.317 e. The predicted molar refractivity (Wildman–Crippen MR) is 78.0 cm³/mol. The van der Waals surface area contributed by atoms with E-state index in [9.17, 15) is 4.79 Å². The number of hydrogen-bond acceptors (Lipinski definition) is 3. The minimum atomic E-state index is -0.552. The van der Waals surface area contributed by atoms with Crippen LogP contribution in [0, 0.1) is 5.41 Å². The van der Waals surface area contributed by atoms with Gasteiger partial charge in [0, 0.05) is 0 Å². The fraction of sp³-hybridized carbons (Fsp3) is 0.375. The summed E-state index contributed by atoms with van der Waals surface area (Å²) in [5.74, 6) is -0.334. The standard InChI is InChI=1S/C16H21NO2/c1-5-6-12-14(13-10-8-7-9-11-13)17-19-15(18)16(2,3)4/h5,7-11H,1,6,12H2,2-4H3/b17-14-.